The number of carbonyl (C=O) groups excluding carboxylic acids is 1. The van der Waals surface area contributed by atoms with Crippen molar-refractivity contribution >= 4 is 28.6 Å². The Labute approximate surface area is 208 Å². The SMILES string of the molecule is CN(C)C(=O)[C@@]1(N)CCCN(c2ccc(-c3cccc(F)c3)cc2Cn2cnc3c(N)ncnc32)C1. The summed E-state index contributed by atoms with van der Waals surface area (Å²) in [5, 5.41) is 0. The van der Waals surface area contributed by atoms with Crippen LogP contribution in [0.4, 0.5) is 15.9 Å². The lowest BCUT2D eigenvalue weighted by molar-refractivity contribution is -0.134. The molecule has 1 atom stereocenters. The van der Waals surface area contributed by atoms with E-state index < -0.39 is 5.54 Å². The number of piperidine rings is 1. The average Bonchev–Trinajstić information content (AvgIpc) is 3.27. The monoisotopic (exact) mass is 488 g/mol. The van der Waals surface area contributed by atoms with Crippen LogP contribution in [0.15, 0.2) is 55.1 Å². The van der Waals surface area contributed by atoms with Crippen LogP contribution >= 0.6 is 0 Å². The third-order valence-corrected chi connectivity index (χ3v) is 6.70. The zero-order chi connectivity index (χ0) is 25.4. The predicted molar refractivity (Wildman–Crippen MR) is 138 cm³/mol. The van der Waals surface area contributed by atoms with Crippen molar-refractivity contribution in [3.8, 4) is 11.1 Å². The van der Waals surface area contributed by atoms with Crippen molar-refractivity contribution in [3.63, 3.8) is 0 Å². The molecule has 5 rings (SSSR count). The molecule has 2 aromatic carbocycles. The first-order valence-corrected chi connectivity index (χ1v) is 11.8. The zero-order valence-corrected chi connectivity index (χ0v) is 20.4. The van der Waals surface area contributed by atoms with Gasteiger partial charge >= 0.3 is 0 Å². The van der Waals surface area contributed by atoms with Crippen LogP contribution in [0.1, 0.15) is 18.4 Å². The van der Waals surface area contributed by atoms with Gasteiger partial charge in [0.15, 0.2) is 11.5 Å². The minimum atomic E-state index is -0.969. The molecule has 0 aliphatic carbocycles. The normalized spacial score (nSPS) is 17.9. The molecule has 0 saturated carbocycles. The van der Waals surface area contributed by atoms with E-state index in [9.17, 15) is 9.18 Å². The molecule has 0 unspecified atom stereocenters. The van der Waals surface area contributed by atoms with E-state index in [1.807, 2.05) is 28.8 Å². The van der Waals surface area contributed by atoms with Crippen molar-refractivity contribution in [1.29, 1.82) is 0 Å². The van der Waals surface area contributed by atoms with Crippen molar-refractivity contribution in [1.82, 2.24) is 24.4 Å². The molecule has 9 nitrogen and oxygen atoms in total. The smallest absolute Gasteiger partial charge is 0.243 e. The molecule has 1 aliphatic rings. The summed E-state index contributed by atoms with van der Waals surface area (Å²) < 4.78 is 15.9. The Bertz CT molecular complexity index is 1430. The number of amides is 1. The number of benzene rings is 2. The van der Waals surface area contributed by atoms with Gasteiger partial charge in [0.25, 0.3) is 0 Å². The van der Waals surface area contributed by atoms with Crippen molar-refractivity contribution < 1.29 is 9.18 Å². The van der Waals surface area contributed by atoms with Gasteiger partial charge in [-0.15, -0.1) is 0 Å². The highest BCUT2D eigenvalue weighted by Gasteiger charge is 2.40. The highest BCUT2D eigenvalue weighted by atomic mass is 19.1. The quantitative estimate of drug-likeness (QED) is 0.443. The van der Waals surface area contributed by atoms with Crippen LogP contribution in [-0.2, 0) is 11.3 Å². The number of carbonyl (C=O) groups is 1. The first-order valence-electron chi connectivity index (χ1n) is 11.8. The van der Waals surface area contributed by atoms with Crippen LogP contribution in [0.25, 0.3) is 22.3 Å². The maximum atomic E-state index is 14.0. The predicted octanol–water partition coefficient (Wildman–Crippen LogP) is 2.65. The van der Waals surface area contributed by atoms with E-state index in [1.54, 1.807) is 31.4 Å². The Morgan fingerprint density at radius 1 is 1.14 bits per heavy atom. The summed E-state index contributed by atoms with van der Waals surface area (Å²) in [5.41, 5.74) is 16.4. The highest BCUT2D eigenvalue weighted by molar-refractivity contribution is 5.87. The molecule has 36 heavy (non-hydrogen) atoms. The van der Waals surface area contributed by atoms with Gasteiger partial charge in [-0.2, -0.15) is 0 Å². The molecule has 0 spiro atoms. The number of likely N-dealkylation sites (N-methyl/N-ethyl adjacent to an activating group) is 1. The van der Waals surface area contributed by atoms with Crippen molar-refractivity contribution in [2.24, 2.45) is 5.73 Å². The molecule has 4 N–H and O–H groups in total. The average molecular weight is 489 g/mol. The second-order valence-electron chi connectivity index (χ2n) is 9.54. The largest absolute Gasteiger partial charge is 0.382 e. The van der Waals surface area contributed by atoms with E-state index in [0.29, 0.717) is 36.5 Å². The van der Waals surface area contributed by atoms with Crippen LogP contribution in [0.5, 0.6) is 0 Å². The third-order valence-electron chi connectivity index (χ3n) is 6.70. The Kier molecular flexibility index (Phi) is 6.05. The first-order chi connectivity index (χ1) is 17.2. The Morgan fingerprint density at radius 2 is 1.94 bits per heavy atom. The maximum absolute atomic E-state index is 14.0. The number of hydrogen-bond donors (Lipinski definition) is 2. The van der Waals surface area contributed by atoms with Gasteiger partial charge in [0, 0.05) is 32.9 Å². The van der Waals surface area contributed by atoms with Gasteiger partial charge in [0.1, 0.15) is 23.2 Å². The summed E-state index contributed by atoms with van der Waals surface area (Å²) in [7, 11) is 3.46. The van der Waals surface area contributed by atoms with E-state index in [1.165, 1.54) is 18.5 Å². The molecular formula is C26H29FN8O. The van der Waals surface area contributed by atoms with E-state index in [-0.39, 0.29) is 11.7 Å². The summed E-state index contributed by atoms with van der Waals surface area (Å²) in [6.07, 6.45) is 4.52. The van der Waals surface area contributed by atoms with Gasteiger partial charge in [-0.1, -0.05) is 18.2 Å². The molecule has 1 aliphatic heterocycles. The number of nitrogens with two attached hydrogens (primary N) is 2. The van der Waals surface area contributed by atoms with Gasteiger partial charge in [0.05, 0.1) is 12.9 Å². The van der Waals surface area contributed by atoms with Crippen LogP contribution in [0, 0.1) is 5.82 Å². The topological polar surface area (TPSA) is 119 Å². The van der Waals surface area contributed by atoms with E-state index in [0.717, 1.165) is 35.3 Å². The molecule has 186 valence electrons. The minimum absolute atomic E-state index is 0.0853. The second-order valence-corrected chi connectivity index (χ2v) is 9.54. The lowest BCUT2D eigenvalue weighted by Crippen LogP contribution is -2.62. The number of rotatable bonds is 5. The van der Waals surface area contributed by atoms with Crippen molar-refractivity contribution in [2.45, 2.75) is 24.9 Å². The van der Waals surface area contributed by atoms with E-state index in [2.05, 4.69) is 19.9 Å². The third kappa shape index (κ3) is 4.35. The summed E-state index contributed by atoms with van der Waals surface area (Å²) in [4.78, 5) is 29.4. The standard InChI is InChI=1S/C26H29FN8O/c1-33(2)25(36)26(29)9-4-10-34(14-26)21-8-7-18(17-5-3-6-20(27)12-17)11-19(21)13-35-16-32-22-23(28)30-15-31-24(22)35/h3,5-8,11-12,15-16H,4,9-10,13-14,29H2,1-2H3,(H2,28,30,31)/t26-/m1/s1. The summed E-state index contributed by atoms with van der Waals surface area (Å²) in [6.45, 7) is 1.61. The lowest BCUT2D eigenvalue weighted by Gasteiger charge is -2.42. The molecular weight excluding hydrogens is 459 g/mol. The number of halogens is 1. The molecule has 3 heterocycles. The van der Waals surface area contributed by atoms with Gasteiger partial charge in [-0.25, -0.2) is 19.3 Å². The van der Waals surface area contributed by atoms with Crippen LogP contribution in [-0.4, -0.2) is 63.0 Å². The maximum Gasteiger partial charge on any atom is 0.243 e. The lowest BCUT2D eigenvalue weighted by atomic mass is 9.88. The van der Waals surface area contributed by atoms with Crippen molar-refractivity contribution in [3.05, 3.63) is 66.5 Å². The first kappa shape index (κ1) is 23.7. The van der Waals surface area contributed by atoms with Gasteiger partial charge in [-0.3, -0.25) is 4.79 Å². The zero-order valence-electron chi connectivity index (χ0n) is 20.4. The summed E-state index contributed by atoms with van der Waals surface area (Å²) in [6, 6.07) is 12.6. The number of aromatic nitrogens is 4. The van der Waals surface area contributed by atoms with E-state index >= 15 is 0 Å². The number of fused-ring (bicyclic) bond motifs is 1. The van der Waals surface area contributed by atoms with Crippen LogP contribution in [0.2, 0.25) is 0 Å². The number of imidazole rings is 1. The molecule has 0 bridgehead atoms. The summed E-state index contributed by atoms with van der Waals surface area (Å²) >= 11 is 0. The van der Waals surface area contributed by atoms with Gasteiger partial charge in [0.2, 0.25) is 5.91 Å². The minimum Gasteiger partial charge on any atom is -0.382 e. The number of nitrogens with zero attached hydrogens (tertiary/aromatic N) is 6. The molecule has 4 aromatic rings. The Morgan fingerprint density at radius 3 is 2.72 bits per heavy atom. The fourth-order valence-corrected chi connectivity index (χ4v) is 4.98. The molecule has 2 aromatic heterocycles. The number of anilines is 2. The van der Waals surface area contributed by atoms with Crippen LogP contribution in [0.3, 0.4) is 0 Å². The fourth-order valence-electron chi connectivity index (χ4n) is 4.98. The Hall–Kier alpha value is -4.05. The molecule has 1 saturated heterocycles. The summed E-state index contributed by atoms with van der Waals surface area (Å²) in [5.74, 6) is -0.0615. The highest BCUT2D eigenvalue weighted by Crippen LogP contribution is 2.33. The number of hydrogen-bond acceptors (Lipinski definition) is 7. The van der Waals surface area contributed by atoms with E-state index in [4.69, 9.17) is 11.5 Å². The molecule has 1 fully saturated rings. The van der Waals surface area contributed by atoms with Crippen molar-refractivity contribution in [2.75, 3.05) is 37.8 Å². The Balaban J connectivity index is 1.58. The molecule has 0 radical (unpaired) electrons. The van der Waals surface area contributed by atoms with Gasteiger partial charge < -0.3 is 25.8 Å². The van der Waals surface area contributed by atoms with Gasteiger partial charge in [-0.05, 0) is 53.8 Å². The van der Waals surface area contributed by atoms with Crippen LogP contribution < -0.4 is 16.4 Å². The molecule has 10 heteroatoms. The fraction of sp³-hybridized carbons (Fsp3) is 0.308. The number of nitrogen functional groups attached to an aromatic ring is 1. The second kappa shape index (κ2) is 9.19. The molecule has 1 amide bonds.